The van der Waals surface area contributed by atoms with Crippen LogP contribution in [0.2, 0.25) is 13.1 Å². The van der Waals surface area contributed by atoms with E-state index in [9.17, 15) is 0 Å². The van der Waals surface area contributed by atoms with Crippen LogP contribution in [0.5, 0.6) is 0 Å². The van der Waals surface area contributed by atoms with Crippen LogP contribution in [-0.4, -0.2) is 8.07 Å². The van der Waals surface area contributed by atoms with E-state index >= 15 is 0 Å². The van der Waals surface area contributed by atoms with Crippen LogP contribution in [0.1, 0.15) is 25.3 Å². The Labute approximate surface area is 155 Å². The maximum atomic E-state index is 2.43. The maximum Gasteiger partial charge on any atom is 3.00 e. The summed E-state index contributed by atoms with van der Waals surface area (Å²) in [4.78, 5) is 0. The third-order valence-corrected chi connectivity index (χ3v) is 7.19. The first kappa shape index (κ1) is 22.5. The summed E-state index contributed by atoms with van der Waals surface area (Å²) in [7, 11) is -1.48. The summed E-state index contributed by atoms with van der Waals surface area (Å²) in [6.45, 7) is 9.38. The van der Waals surface area contributed by atoms with Crippen molar-refractivity contribution in [3.05, 3.63) is 54.1 Å². The van der Waals surface area contributed by atoms with Crippen molar-refractivity contribution in [2.45, 2.75) is 32.9 Å². The molecule has 0 aliphatic carbocycles. The van der Waals surface area contributed by atoms with Gasteiger partial charge in [0.15, 0.2) is 0 Å². The number of hydrogen-bond donors (Lipinski definition) is 0. The minimum absolute atomic E-state index is 0. The van der Waals surface area contributed by atoms with Gasteiger partial charge in [-0.1, -0.05) is 62.5 Å². The van der Waals surface area contributed by atoms with E-state index in [4.69, 9.17) is 0 Å². The molecule has 0 aliphatic heterocycles. The summed E-state index contributed by atoms with van der Waals surface area (Å²) in [5.74, 6) is 0.629. The van der Waals surface area contributed by atoms with Gasteiger partial charge in [0.05, 0.1) is 0 Å². The molecule has 1 radical (unpaired) electrons. The van der Waals surface area contributed by atoms with Crippen LogP contribution in [0.25, 0.3) is 0 Å². The Balaban J connectivity index is 0. The zero-order valence-electron chi connectivity index (χ0n) is 12.5. The molecule has 0 heterocycles. The molecule has 0 unspecified atom stereocenters. The van der Waals surface area contributed by atoms with Gasteiger partial charge >= 0.3 is 26.2 Å². The van der Waals surface area contributed by atoms with E-state index < -0.39 is 8.07 Å². The first-order valence-electron chi connectivity index (χ1n) is 6.34. The zero-order chi connectivity index (χ0) is 12.5. The molecule has 2 aromatic carbocycles. The fourth-order valence-electron chi connectivity index (χ4n) is 2.23. The van der Waals surface area contributed by atoms with Crippen molar-refractivity contribution in [1.82, 2.24) is 0 Å². The van der Waals surface area contributed by atoms with Gasteiger partial charge in [0.2, 0.25) is 0 Å². The van der Waals surface area contributed by atoms with Gasteiger partial charge in [-0.15, -0.1) is 0 Å². The van der Waals surface area contributed by atoms with Crippen LogP contribution >= 0.6 is 0 Å². The molecule has 0 nitrogen and oxygen atoms in total. The molecule has 0 amide bonds. The van der Waals surface area contributed by atoms with Gasteiger partial charge in [0.1, 0.15) is 0 Å². The van der Waals surface area contributed by atoms with Crippen molar-refractivity contribution in [1.29, 1.82) is 0 Å². The monoisotopic (exact) mass is 401 g/mol. The zero-order valence-corrected chi connectivity index (χ0v) is 17.4. The van der Waals surface area contributed by atoms with Crippen LogP contribution in [-0.2, 0) is 26.2 Å². The molecule has 0 aromatic heterocycles. The molecule has 4 heteroatoms. The summed E-state index contributed by atoms with van der Waals surface area (Å²) in [5, 5.41) is 3.06. The van der Waals surface area contributed by atoms with E-state index in [1.165, 1.54) is 10.8 Å². The van der Waals surface area contributed by atoms with Crippen LogP contribution in [0.15, 0.2) is 48.5 Å². The van der Waals surface area contributed by atoms with E-state index in [1.807, 2.05) is 0 Å². The smallest absolute Gasteiger partial charge is 1.00 e. The van der Waals surface area contributed by atoms with E-state index in [2.05, 4.69) is 75.5 Å². The second kappa shape index (κ2) is 9.30. The second-order valence-corrected chi connectivity index (χ2v) is 9.98. The minimum Gasteiger partial charge on any atom is -1.00 e. The third kappa shape index (κ3) is 4.91. The Hall–Kier alpha value is 0.250. The van der Waals surface area contributed by atoms with Crippen molar-refractivity contribution in [2.24, 2.45) is 0 Å². The van der Waals surface area contributed by atoms with Crippen molar-refractivity contribution < 1.29 is 51.0 Å². The van der Waals surface area contributed by atoms with Crippen molar-refractivity contribution in [3.63, 3.8) is 0 Å². The third-order valence-electron chi connectivity index (χ3n) is 3.66. The number of benzene rings is 1. The van der Waals surface area contributed by atoms with Gasteiger partial charge in [0.25, 0.3) is 0 Å². The number of rotatable bonds is 3. The first-order valence-corrected chi connectivity index (χ1v) is 9.34. The Bertz CT molecular complexity index is 492. The minimum atomic E-state index is -1.48. The van der Waals surface area contributed by atoms with Gasteiger partial charge in [0, 0.05) is 8.07 Å². The quantitative estimate of drug-likeness (QED) is 0.388. The molecule has 20 heavy (non-hydrogen) atoms. The van der Waals surface area contributed by atoms with Crippen LogP contribution in [0.3, 0.4) is 0 Å². The molecular weight excluding hydrogens is 382 g/mol. The second-order valence-electron chi connectivity index (χ2n) is 5.58. The summed E-state index contributed by atoms with van der Waals surface area (Å²) in [5.41, 5.74) is 1.47. The van der Waals surface area contributed by atoms with E-state index in [0.29, 0.717) is 5.92 Å². The molecule has 2 rings (SSSR count). The molecule has 0 N–H and O–H groups in total. The fraction of sp³-hybridized carbons (Fsp3) is 0.312. The topological polar surface area (TPSA) is 0 Å². The van der Waals surface area contributed by atoms with Gasteiger partial charge in [-0.2, -0.15) is 22.9 Å². The molecule has 0 fully saturated rings. The SMILES string of the molecule is CC(C)c1cc([Si](C)(C)c2ccccc2)c[cH-]1.[Cl-].[Cl-].[Zr+3]. The van der Waals surface area contributed by atoms with Crippen molar-refractivity contribution in [2.75, 3.05) is 0 Å². The molecule has 107 valence electrons. The van der Waals surface area contributed by atoms with E-state index in [0.717, 1.165) is 0 Å². The maximum absolute atomic E-state index is 2.43. The van der Waals surface area contributed by atoms with Crippen LogP contribution < -0.4 is 35.2 Å². The molecule has 0 spiro atoms. The summed E-state index contributed by atoms with van der Waals surface area (Å²) in [6, 6.07) is 18.0. The normalized spacial score (nSPS) is 10.2. The molecule has 0 atom stereocenters. The number of halogens is 2. The molecular formula is C16H21Cl2SiZr. The molecule has 2 aromatic rings. The predicted molar refractivity (Wildman–Crippen MR) is 79.3 cm³/mol. The largest absolute Gasteiger partial charge is 3.00 e. The average molecular weight is 404 g/mol. The Morgan fingerprint density at radius 2 is 1.50 bits per heavy atom. The molecule has 0 bridgehead atoms. The van der Waals surface area contributed by atoms with Crippen LogP contribution in [0.4, 0.5) is 0 Å². The fourth-order valence-corrected chi connectivity index (χ4v) is 4.62. The standard InChI is InChI=1S/C16H21Si.2ClH.Zr/c1-13(2)14-10-11-16(12-14)17(3,4)15-8-6-5-7-9-15;;;/h5-13H,1-4H3;2*1H;/q-1;;;+3/p-2. The summed E-state index contributed by atoms with van der Waals surface area (Å²) in [6.07, 6.45) is 0. The first-order chi connectivity index (χ1) is 8.01. The van der Waals surface area contributed by atoms with Gasteiger partial charge < -0.3 is 24.8 Å². The van der Waals surface area contributed by atoms with E-state index in [1.54, 1.807) is 5.19 Å². The Morgan fingerprint density at radius 1 is 0.950 bits per heavy atom. The molecule has 0 aliphatic rings. The number of hydrogen-bond acceptors (Lipinski definition) is 0. The summed E-state index contributed by atoms with van der Waals surface area (Å²) < 4.78 is 0. The molecule has 0 saturated heterocycles. The average Bonchev–Trinajstić information content (AvgIpc) is 2.80. The van der Waals surface area contributed by atoms with Crippen LogP contribution in [0, 0.1) is 0 Å². The van der Waals surface area contributed by atoms with Gasteiger partial charge in [-0.25, -0.2) is 6.07 Å². The van der Waals surface area contributed by atoms with Gasteiger partial charge in [-0.3, -0.25) is 0 Å². The van der Waals surface area contributed by atoms with Gasteiger partial charge in [-0.05, 0) is 5.92 Å². The Morgan fingerprint density at radius 3 is 1.95 bits per heavy atom. The van der Waals surface area contributed by atoms with Crippen molar-refractivity contribution >= 4 is 18.4 Å². The summed E-state index contributed by atoms with van der Waals surface area (Å²) >= 11 is 0. The predicted octanol–water partition coefficient (Wildman–Crippen LogP) is -2.64. The van der Waals surface area contributed by atoms with E-state index in [-0.39, 0.29) is 51.0 Å². The van der Waals surface area contributed by atoms with Crippen molar-refractivity contribution in [3.8, 4) is 0 Å². The Kier molecular flexibility index (Phi) is 10.5. The molecule has 0 saturated carbocycles.